The SMILES string of the molecule is C=CCn1c(SCC(=O)N(C)CCC#N)nc2sc3c(c2c1=O)CC[C@H](C)C3. The second-order valence-corrected chi connectivity index (χ2v) is 9.17. The Kier molecular flexibility index (Phi) is 6.57. The lowest BCUT2D eigenvalue weighted by Gasteiger charge is -2.18. The predicted molar refractivity (Wildman–Crippen MR) is 114 cm³/mol. The number of thioether (sulfide) groups is 1. The lowest BCUT2D eigenvalue weighted by molar-refractivity contribution is -0.127. The standard InChI is InChI=1S/C20H24N4O2S2/c1-4-9-24-19(26)17-14-7-6-13(2)11-15(14)28-18(17)22-20(24)27-12-16(25)23(3)10-5-8-21/h4,13H,1,5-7,9-12H2,2-3H3/t13-/m0/s1. The lowest BCUT2D eigenvalue weighted by Crippen LogP contribution is -2.30. The van der Waals surface area contributed by atoms with Gasteiger partial charge in [-0.15, -0.1) is 17.9 Å². The van der Waals surface area contributed by atoms with Gasteiger partial charge in [0.25, 0.3) is 5.56 Å². The minimum absolute atomic E-state index is 0.0373. The molecular weight excluding hydrogens is 392 g/mol. The summed E-state index contributed by atoms with van der Waals surface area (Å²) in [6.45, 7) is 6.77. The summed E-state index contributed by atoms with van der Waals surface area (Å²) in [5.74, 6) is 0.726. The molecule has 0 fully saturated rings. The molecule has 2 aromatic rings. The quantitative estimate of drug-likeness (QED) is 0.393. The van der Waals surface area contributed by atoms with Gasteiger partial charge in [-0.25, -0.2) is 4.98 Å². The van der Waals surface area contributed by atoms with Gasteiger partial charge in [0.1, 0.15) is 4.83 Å². The first-order chi connectivity index (χ1) is 13.5. The van der Waals surface area contributed by atoms with Gasteiger partial charge in [0.2, 0.25) is 5.91 Å². The molecule has 0 saturated carbocycles. The minimum atomic E-state index is -0.0842. The summed E-state index contributed by atoms with van der Waals surface area (Å²) in [6.07, 6.45) is 5.01. The van der Waals surface area contributed by atoms with Crippen molar-refractivity contribution in [3.63, 3.8) is 0 Å². The minimum Gasteiger partial charge on any atom is -0.344 e. The number of carbonyl (C=O) groups is 1. The zero-order valence-electron chi connectivity index (χ0n) is 16.2. The van der Waals surface area contributed by atoms with Crippen LogP contribution in [-0.4, -0.2) is 39.7 Å². The molecule has 1 aliphatic carbocycles. The van der Waals surface area contributed by atoms with E-state index in [0.29, 0.717) is 30.6 Å². The summed E-state index contributed by atoms with van der Waals surface area (Å²) in [6, 6.07) is 2.04. The average molecular weight is 417 g/mol. The Morgan fingerprint density at radius 2 is 2.36 bits per heavy atom. The summed E-state index contributed by atoms with van der Waals surface area (Å²) in [4.78, 5) is 33.8. The van der Waals surface area contributed by atoms with Crippen molar-refractivity contribution in [1.29, 1.82) is 5.26 Å². The van der Waals surface area contributed by atoms with Gasteiger partial charge in [0, 0.05) is 25.0 Å². The van der Waals surface area contributed by atoms with Crippen LogP contribution >= 0.6 is 23.1 Å². The number of aromatic nitrogens is 2. The number of thiophene rings is 1. The number of aryl methyl sites for hydroxylation is 1. The number of amides is 1. The van der Waals surface area contributed by atoms with E-state index in [2.05, 4.69) is 13.5 Å². The van der Waals surface area contributed by atoms with Crippen molar-refractivity contribution in [2.24, 2.45) is 5.92 Å². The molecule has 3 rings (SSSR count). The second-order valence-electron chi connectivity index (χ2n) is 7.14. The van der Waals surface area contributed by atoms with Gasteiger partial charge in [0.15, 0.2) is 5.16 Å². The molecule has 1 atom stereocenters. The zero-order chi connectivity index (χ0) is 20.3. The maximum Gasteiger partial charge on any atom is 0.263 e. The third-order valence-electron chi connectivity index (χ3n) is 5.00. The highest BCUT2D eigenvalue weighted by Crippen LogP contribution is 2.36. The molecule has 6 nitrogen and oxygen atoms in total. The van der Waals surface area contributed by atoms with Crippen LogP contribution in [-0.2, 0) is 24.2 Å². The molecule has 0 unspecified atom stereocenters. The van der Waals surface area contributed by atoms with Crippen LogP contribution in [0.2, 0.25) is 0 Å². The molecule has 0 spiro atoms. The van der Waals surface area contributed by atoms with E-state index in [-0.39, 0.29) is 17.2 Å². The van der Waals surface area contributed by atoms with Gasteiger partial charge in [-0.3, -0.25) is 14.2 Å². The summed E-state index contributed by atoms with van der Waals surface area (Å²) < 4.78 is 1.62. The summed E-state index contributed by atoms with van der Waals surface area (Å²) in [5, 5.41) is 9.96. The van der Waals surface area contributed by atoms with E-state index < -0.39 is 0 Å². The first-order valence-electron chi connectivity index (χ1n) is 9.36. The summed E-state index contributed by atoms with van der Waals surface area (Å²) in [7, 11) is 1.68. The molecule has 0 saturated heterocycles. The van der Waals surface area contributed by atoms with Crippen LogP contribution in [0.5, 0.6) is 0 Å². The fourth-order valence-corrected chi connectivity index (χ4v) is 5.76. The van der Waals surface area contributed by atoms with E-state index in [0.717, 1.165) is 35.0 Å². The summed E-state index contributed by atoms with van der Waals surface area (Å²) >= 11 is 2.88. The van der Waals surface area contributed by atoms with E-state index in [1.165, 1.54) is 21.5 Å². The molecule has 1 amide bonds. The first kappa shape index (κ1) is 20.6. The number of rotatable bonds is 7. The van der Waals surface area contributed by atoms with Crippen molar-refractivity contribution in [2.75, 3.05) is 19.3 Å². The van der Waals surface area contributed by atoms with Crippen LogP contribution in [0.4, 0.5) is 0 Å². The van der Waals surface area contributed by atoms with Crippen molar-refractivity contribution in [3.05, 3.63) is 33.4 Å². The summed E-state index contributed by atoms with van der Waals surface area (Å²) in [5.41, 5.74) is 1.13. The van der Waals surface area contributed by atoms with Gasteiger partial charge >= 0.3 is 0 Å². The van der Waals surface area contributed by atoms with E-state index in [9.17, 15) is 9.59 Å². The molecule has 8 heteroatoms. The van der Waals surface area contributed by atoms with Gasteiger partial charge < -0.3 is 4.90 Å². The maximum atomic E-state index is 13.2. The normalized spacial score (nSPS) is 15.8. The molecule has 1 aliphatic rings. The Hall–Kier alpha value is -2.11. The number of hydrogen-bond acceptors (Lipinski definition) is 6. The zero-order valence-corrected chi connectivity index (χ0v) is 17.9. The highest BCUT2D eigenvalue weighted by molar-refractivity contribution is 7.99. The number of fused-ring (bicyclic) bond motifs is 3. The van der Waals surface area contributed by atoms with E-state index >= 15 is 0 Å². The Balaban J connectivity index is 1.92. The topological polar surface area (TPSA) is 79.0 Å². The van der Waals surface area contributed by atoms with Crippen molar-refractivity contribution in [1.82, 2.24) is 14.5 Å². The van der Waals surface area contributed by atoms with Crippen LogP contribution < -0.4 is 5.56 Å². The molecule has 0 bridgehead atoms. The maximum absolute atomic E-state index is 13.2. The van der Waals surface area contributed by atoms with E-state index in [1.807, 2.05) is 6.07 Å². The molecule has 0 aliphatic heterocycles. The number of carbonyl (C=O) groups excluding carboxylic acids is 1. The van der Waals surface area contributed by atoms with Crippen molar-refractivity contribution >= 4 is 39.2 Å². The highest BCUT2D eigenvalue weighted by Gasteiger charge is 2.24. The average Bonchev–Trinajstić information content (AvgIpc) is 3.03. The molecule has 148 valence electrons. The van der Waals surface area contributed by atoms with Crippen molar-refractivity contribution < 1.29 is 4.79 Å². The van der Waals surface area contributed by atoms with Gasteiger partial charge in [-0.05, 0) is 30.7 Å². The number of hydrogen-bond donors (Lipinski definition) is 0. The fourth-order valence-electron chi connectivity index (χ4n) is 3.38. The second kappa shape index (κ2) is 8.93. The van der Waals surface area contributed by atoms with Crippen molar-refractivity contribution in [3.8, 4) is 6.07 Å². The Morgan fingerprint density at radius 3 is 3.07 bits per heavy atom. The van der Waals surface area contributed by atoms with Crippen LogP contribution in [0.15, 0.2) is 22.6 Å². The van der Waals surface area contributed by atoms with Crippen molar-refractivity contribution in [2.45, 2.75) is 44.3 Å². The number of allylic oxidation sites excluding steroid dienone is 1. The molecule has 28 heavy (non-hydrogen) atoms. The third-order valence-corrected chi connectivity index (χ3v) is 7.11. The highest BCUT2D eigenvalue weighted by atomic mass is 32.2. The van der Waals surface area contributed by atoms with E-state index in [4.69, 9.17) is 10.2 Å². The Bertz CT molecular complexity index is 1000. The van der Waals surface area contributed by atoms with Crippen LogP contribution in [0, 0.1) is 17.2 Å². The molecular formula is C20H24N4O2S2. The Labute approximate surface area is 172 Å². The third kappa shape index (κ3) is 4.15. The van der Waals surface area contributed by atoms with Crippen LogP contribution in [0.25, 0.3) is 10.2 Å². The Morgan fingerprint density at radius 1 is 1.57 bits per heavy atom. The van der Waals surface area contributed by atoms with E-state index in [1.54, 1.807) is 29.0 Å². The van der Waals surface area contributed by atoms with Gasteiger partial charge in [-0.1, -0.05) is 24.8 Å². The molecule has 2 aromatic heterocycles. The number of nitriles is 1. The monoisotopic (exact) mass is 416 g/mol. The smallest absolute Gasteiger partial charge is 0.263 e. The molecule has 2 heterocycles. The van der Waals surface area contributed by atoms with Crippen LogP contribution in [0.1, 0.15) is 30.2 Å². The largest absolute Gasteiger partial charge is 0.344 e. The molecule has 0 N–H and O–H groups in total. The fraction of sp³-hybridized carbons (Fsp3) is 0.500. The van der Waals surface area contributed by atoms with Gasteiger partial charge in [-0.2, -0.15) is 5.26 Å². The lowest BCUT2D eigenvalue weighted by atomic mass is 9.89. The molecule has 0 radical (unpaired) electrons. The number of nitrogens with zero attached hydrogens (tertiary/aromatic N) is 4. The van der Waals surface area contributed by atoms with Crippen LogP contribution in [0.3, 0.4) is 0 Å². The predicted octanol–water partition coefficient (Wildman–Crippen LogP) is 3.23. The van der Waals surface area contributed by atoms with Gasteiger partial charge in [0.05, 0.1) is 23.6 Å². The first-order valence-corrected chi connectivity index (χ1v) is 11.2. The molecule has 0 aromatic carbocycles.